The Hall–Kier alpha value is -9.01. The second-order valence-electron chi connectivity index (χ2n) is 20.2. The lowest BCUT2D eigenvalue weighted by Gasteiger charge is -2.05. The third-order valence-electron chi connectivity index (χ3n) is 14.6. The normalized spacial score (nSPS) is 10.4. The zero-order valence-corrected chi connectivity index (χ0v) is 55.7. The minimum Gasteiger partial charge on any atom is -0.237 e. The molecule has 0 aliphatic heterocycles. The van der Waals surface area contributed by atoms with Crippen LogP contribution in [0.25, 0.3) is 88.0 Å². The summed E-state index contributed by atoms with van der Waals surface area (Å²) in [5.74, 6) is 0. The van der Waals surface area contributed by atoms with E-state index >= 15 is 0 Å². The SMILES string of the molecule is Cc1cc(C#N)c(C)c2sc(-c3ccc(N=C=S)cc3)nc12.Cc1cc(C)c2nc(-c3ccc(N=C=S)cc3)sc2c1C.Cc1cc(C)c2nc(-c3ccc(N=C=S)cc3)sc2c1C.[C-]#[N+]c1c(C#N)c(C)c2sc(-c3ccc(N=C=S)cc3)nc2c1C. The molecule has 8 aromatic carbocycles. The standard InChI is InChI=1S/C18H10N4S2.C17H11N3S2.2C17H14N2S2/c1-10-14(8-19)15(20-3)11(2)16-17(10)24-18(22-16)12-4-6-13(7-5-12)21-9-23;1-10-7-13(8-18)11(2)16-15(10)20-17(22-16)12-3-5-14(6-4-12)19-9-21;2*1-10-8-11(2)15-16(12(10)3)21-17(19-15)13-4-6-14(7-5-13)18-9-20/h4-7H,1-2H3;3-7H,1-2H3;2*4-8H,1-3H3. The number of rotatable bonds is 8. The quantitative estimate of drug-likeness (QED) is 0.0816. The highest BCUT2D eigenvalue weighted by molar-refractivity contribution is 7.78. The fourth-order valence-corrected chi connectivity index (χ4v) is 14.7. The van der Waals surface area contributed by atoms with E-state index in [9.17, 15) is 10.5 Å². The van der Waals surface area contributed by atoms with E-state index in [0.717, 1.165) is 119 Å². The van der Waals surface area contributed by atoms with Gasteiger partial charge in [-0.2, -0.15) is 30.5 Å². The van der Waals surface area contributed by atoms with Crippen LogP contribution in [-0.2, 0) is 0 Å². The Morgan fingerprint density at radius 1 is 0.375 bits per heavy atom. The first-order chi connectivity index (χ1) is 42.4. The monoisotopic (exact) mass is 1290 g/mol. The molecule has 0 bridgehead atoms. The summed E-state index contributed by atoms with van der Waals surface area (Å²) in [6, 6.07) is 41.9. The first-order valence-corrected chi connectivity index (χ1v) is 31.8. The predicted octanol–water partition coefficient (Wildman–Crippen LogP) is 22.2. The molecule has 0 spiro atoms. The lowest BCUT2D eigenvalue weighted by atomic mass is 10.0. The molecule has 19 heteroatoms. The Bertz CT molecular complexity index is 4860. The summed E-state index contributed by atoms with van der Waals surface area (Å²) in [5.41, 5.74) is 24.2. The second kappa shape index (κ2) is 28.2. The molecule has 12 aromatic rings. The molecular formula is C69H49N11S8. The van der Waals surface area contributed by atoms with Crippen LogP contribution in [0, 0.1) is 98.5 Å². The number of thiazole rings is 4. The molecule has 0 saturated carbocycles. The molecule has 0 saturated heterocycles. The third-order valence-corrected chi connectivity index (χ3v) is 19.9. The van der Waals surface area contributed by atoms with Crippen LogP contribution in [0.2, 0.25) is 0 Å². The van der Waals surface area contributed by atoms with Crippen molar-refractivity contribution >= 4 is 184 Å². The molecule has 0 N–H and O–H groups in total. The fourth-order valence-electron chi connectivity index (χ4n) is 9.63. The lowest BCUT2D eigenvalue weighted by molar-refractivity contribution is 1.33. The first-order valence-electron chi connectivity index (χ1n) is 26.9. The van der Waals surface area contributed by atoms with Crippen LogP contribution in [0.1, 0.15) is 66.8 Å². The van der Waals surface area contributed by atoms with E-state index in [-0.39, 0.29) is 0 Å². The maximum absolute atomic E-state index is 9.39. The van der Waals surface area contributed by atoms with E-state index in [1.165, 1.54) is 54.1 Å². The smallest absolute Gasteiger partial charge is 0.209 e. The van der Waals surface area contributed by atoms with Crippen LogP contribution in [0.15, 0.2) is 135 Å². The number of fused-ring (bicyclic) bond motifs is 4. The number of nitrogens with zero attached hydrogens (tertiary/aromatic N) is 11. The van der Waals surface area contributed by atoms with Crippen molar-refractivity contribution < 1.29 is 0 Å². The topological polar surface area (TPSA) is 153 Å². The number of hydrogen-bond donors (Lipinski definition) is 0. The van der Waals surface area contributed by atoms with E-state index in [1.807, 2.05) is 131 Å². The molecular weight excluding hydrogens is 1240 g/mol. The van der Waals surface area contributed by atoms with Crippen molar-refractivity contribution in [1.29, 1.82) is 10.5 Å². The van der Waals surface area contributed by atoms with Crippen LogP contribution < -0.4 is 0 Å². The van der Waals surface area contributed by atoms with Gasteiger partial charge in [0.15, 0.2) is 0 Å². The van der Waals surface area contributed by atoms with Crippen LogP contribution in [0.3, 0.4) is 0 Å². The van der Waals surface area contributed by atoms with Crippen LogP contribution in [-0.4, -0.2) is 40.6 Å². The Morgan fingerprint density at radius 3 is 0.966 bits per heavy atom. The highest BCUT2D eigenvalue weighted by Gasteiger charge is 2.20. The van der Waals surface area contributed by atoms with Gasteiger partial charge < -0.3 is 0 Å². The van der Waals surface area contributed by atoms with Crippen molar-refractivity contribution in [2.45, 2.75) is 69.2 Å². The predicted molar refractivity (Wildman–Crippen MR) is 382 cm³/mol. The Balaban J connectivity index is 0.000000140. The maximum Gasteiger partial charge on any atom is 0.209 e. The van der Waals surface area contributed by atoms with Crippen LogP contribution >= 0.6 is 94.2 Å². The van der Waals surface area contributed by atoms with Gasteiger partial charge in [0.25, 0.3) is 0 Å². The summed E-state index contributed by atoms with van der Waals surface area (Å²) in [5, 5.41) is 31.9. The molecule has 12 rings (SSSR count). The Morgan fingerprint density at radius 2 is 0.670 bits per heavy atom. The van der Waals surface area contributed by atoms with Crippen LogP contribution in [0.4, 0.5) is 28.4 Å². The molecule has 4 heterocycles. The molecule has 0 aliphatic rings. The van der Waals surface area contributed by atoms with Gasteiger partial charge in [0, 0.05) is 22.3 Å². The van der Waals surface area contributed by atoms with Gasteiger partial charge in [-0.25, -0.2) is 24.8 Å². The Kier molecular flexibility index (Phi) is 20.4. The Labute approximate surface area is 547 Å². The number of aryl methyl sites for hydroxylation is 10. The molecule has 0 aliphatic carbocycles. The van der Waals surface area contributed by atoms with E-state index in [2.05, 4.69) is 160 Å². The molecule has 0 radical (unpaired) electrons. The van der Waals surface area contributed by atoms with Crippen LogP contribution in [0.5, 0.6) is 0 Å². The van der Waals surface area contributed by atoms with Crippen molar-refractivity contribution in [3.8, 4) is 54.4 Å². The first kappa shape index (κ1) is 63.5. The summed E-state index contributed by atoms with van der Waals surface area (Å²) in [4.78, 5) is 38.4. The zero-order valence-electron chi connectivity index (χ0n) is 49.2. The molecule has 0 unspecified atom stereocenters. The molecule has 428 valence electrons. The number of aromatic nitrogens is 4. The minimum absolute atomic E-state index is 0.394. The molecule has 4 aromatic heterocycles. The summed E-state index contributed by atoms with van der Waals surface area (Å²) >= 11 is 25.1. The average molecular weight is 1290 g/mol. The zero-order chi connectivity index (χ0) is 62.9. The van der Waals surface area contributed by atoms with E-state index < -0.39 is 0 Å². The van der Waals surface area contributed by atoms with Gasteiger partial charge in [0.2, 0.25) is 5.69 Å². The van der Waals surface area contributed by atoms with Gasteiger partial charge in [-0.05, 0) is 277 Å². The maximum atomic E-state index is 9.39. The lowest BCUT2D eigenvalue weighted by Crippen LogP contribution is -1.88. The summed E-state index contributed by atoms with van der Waals surface area (Å²) in [6.07, 6.45) is 0. The summed E-state index contributed by atoms with van der Waals surface area (Å²) in [6.45, 7) is 27.9. The van der Waals surface area contributed by atoms with E-state index in [1.54, 1.807) is 34.0 Å². The molecule has 0 amide bonds. The van der Waals surface area contributed by atoms with Crippen molar-refractivity contribution in [1.82, 2.24) is 19.9 Å². The number of benzene rings is 8. The van der Waals surface area contributed by atoms with Gasteiger partial charge in [0.1, 0.15) is 20.0 Å². The van der Waals surface area contributed by atoms with E-state index in [0.29, 0.717) is 16.8 Å². The number of thiocarbonyl (C=S) groups is 4. The summed E-state index contributed by atoms with van der Waals surface area (Å²) in [7, 11) is 0. The number of hydrogen-bond acceptors (Lipinski definition) is 18. The van der Waals surface area contributed by atoms with Crippen molar-refractivity contribution in [3.05, 3.63) is 193 Å². The van der Waals surface area contributed by atoms with Gasteiger partial charge in [0.05, 0.1) is 114 Å². The highest BCUT2D eigenvalue weighted by atomic mass is 32.1. The highest BCUT2D eigenvalue weighted by Crippen LogP contribution is 2.42. The van der Waals surface area contributed by atoms with Crippen molar-refractivity contribution in [2.75, 3.05) is 0 Å². The molecule has 88 heavy (non-hydrogen) atoms. The molecule has 0 atom stereocenters. The molecule has 0 fully saturated rings. The molecule has 11 nitrogen and oxygen atoms in total. The fraction of sp³-hybridized carbons (Fsp3) is 0.145. The third kappa shape index (κ3) is 13.6. The van der Waals surface area contributed by atoms with Crippen molar-refractivity contribution in [3.63, 3.8) is 0 Å². The summed E-state index contributed by atoms with van der Waals surface area (Å²) < 4.78 is 4.59. The average Bonchev–Trinajstić information content (AvgIpc) is 4.01. The number of nitriles is 2. The number of isothiocyanates is 4. The largest absolute Gasteiger partial charge is 0.237 e. The van der Waals surface area contributed by atoms with Gasteiger partial charge in [-0.15, -0.1) is 45.3 Å². The minimum atomic E-state index is 0.394. The van der Waals surface area contributed by atoms with Gasteiger partial charge in [-0.1, -0.05) is 12.1 Å². The number of aliphatic imine (C=N–C) groups is 4. The van der Waals surface area contributed by atoms with E-state index in [4.69, 9.17) is 26.5 Å². The van der Waals surface area contributed by atoms with Crippen molar-refractivity contribution in [2.24, 2.45) is 20.0 Å². The van der Waals surface area contributed by atoms with Gasteiger partial charge in [-0.3, -0.25) is 0 Å². The second-order valence-corrected chi connectivity index (χ2v) is 25.0. The van der Waals surface area contributed by atoms with Gasteiger partial charge >= 0.3 is 0 Å².